The molecule has 0 unspecified atom stereocenters. The number of ether oxygens (including phenoxy) is 1. The summed E-state index contributed by atoms with van der Waals surface area (Å²) in [5.41, 5.74) is 3.13. The van der Waals surface area contributed by atoms with Crippen LogP contribution < -0.4 is 5.32 Å². The van der Waals surface area contributed by atoms with Crippen LogP contribution in [0.1, 0.15) is 40.5 Å². The molecule has 2 N–H and O–H groups in total. The summed E-state index contributed by atoms with van der Waals surface area (Å²) in [6.45, 7) is 1.55. The molecule has 1 amide bonds. The van der Waals surface area contributed by atoms with Gasteiger partial charge in [0.25, 0.3) is 0 Å². The van der Waals surface area contributed by atoms with Gasteiger partial charge in [-0.1, -0.05) is 31.2 Å². The van der Waals surface area contributed by atoms with Crippen molar-refractivity contribution >= 4 is 23.3 Å². The zero-order valence-electron chi connectivity index (χ0n) is 17.1. The Labute approximate surface area is 180 Å². The average molecular weight is 417 g/mol. The molecule has 0 aromatic heterocycles. The van der Waals surface area contributed by atoms with E-state index in [1.807, 2.05) is 6.92 Å². The van der Waals surface area contributed by atoms with Crippen LogP contribution in [-0.2, 0) is 9.53 Å². The van der Waals surface area contributed by atoms with Crippen molar-refractivity contribution in [2.45, 2.75) is 19.8 Å². The number of nitrogens with one attached hydrogen (secondary N) is 1. The molecule has 0 fully saturated rings. The van der Waals surface area contributed by atoms with Gasteiger partial charge < -0.3 is 15.2 Å². The zero-order valence-corrected chi connectivity index (χ0v) is 17.1. The largest absolute Gasteiger partial charge is 0.508 e. The van der Waals surface area contributed by atoms with Gasteiger partial charge in [-0.25, -0.2) is 4.79 Å². The van der Waals surface area contributed by atoms with E-state index in [2.05, 4.69) is 5.32 Å². The van der Waals surface area contributed by atoms with E-state index >= 15 is 0 Å². The highest BCUT2D eigenvalue weighted by atomic mass is 16.5. The van der Waals surface area contributed by atoms with Crippen LogP contribution in [0.25, 0.3) is 11.1 Å². The van der Waals surface area contributed by atoms with E-state index in [1.165, 1.54) is 0 Å². The van der Waals surface area contributed by atoms with Crippen molar-refractivity contribution in [1.29, 1.82) is 0 Å². The van der Waals surface area contributed by atoms with E-state index in [-0.39, 0.29) is 24.0 Å². The van der Waals surface area contributed by atoms with Crippen LogP contribution in [0, 0.1) is 0 Å². The van der Waals surface area contributed by atoms with Crippen LogP contribution in [0.3, 0.4) is 0 Å². The Balaban J connectivity index is 1.54. The molecule has 6 heteroatoms. The van der Waals surface area contributed by atoms with Crippen molar-refractivity contribution < 1.29 is 24.2 Å². The summed E-state index contributed by atoms with van der Waals surface area (Å²) in [7, 11) is 0. The van der Waals surface area contributed by atoms with Crippen molar-refractivity contribution in [2.24, 2.45) is 0 Å². The molecule has 3 rings (SSSR count). The summed E-state index contributed by atoms with van der Waals surface area (Å²) in [5.74, 6) is -0.814. The molecule has 0 saturated carbocycles. The highest BCUT2D eigenvalue weighted by Gasteiger charge is 2.12. The Bertz CT molecular complexity index is 1050. The molecule has 0 heterocycles. The van der Waals surface area contributed by atoms with Crippen LogP contribution in [0.4, 0.5) is 5.69 Å². The molecule has 0 aliphatic carbocycles. The molecule has 0 aliphatic rings. The number of hydrogen-bond acceptors (Lipinski definition) is 5. The fraction of sp³-hybridized carbons (Fsp3) is 0.160. The highest BCUT2D eigenvalue weighted by molar-refractivity contribution is 6.00. The molecular weight excluding hydrogens is 394 g/mol. The van der Waals surface area contributed by atoms with Crippen molar-refractivity contribution in [2.75, 3.05) is 11.9 Å². The highest BCUT2D eigenvalue weighted by Crippen LogP contribution is 2.22. The number of rotatable bonds is 8. The van der Waals surface area contributed by atoms with Crippen LogP contribution in [0.5, 0.6) is 5.75 Å². The van der Waals surface area contributed by atoms with Gasteiger partial charge in [0.1, 0.15) is 5.75 Å². The average Bonchev–Trinajstić information content (AvgIpc) is 2.78. The third-order valence-electron chi connectivity index (χ3n) is 4.62. The Hall–Kier alpha value is -3.93. The Morgan fingerprint density at radius 3 is 1.94 bits per heavy atom. The number of phenols is 1. The minimum absolute atomic E-state index is 0.0769. The summed E-state index contributed by atoms with van der Waals surface area (Å²) < 4.78 is 5.14. The topological polar surface area (TPSA) is 92.7 Å². The second-order valence-corrected chi connectivity index (χ2v) is 7.00. The molecule has 0 bridgehead atoms. The lowest BCUT2D eigenvalue weighted by Gasteiger charge is -2.07. The van der Waals surface area contributed by atoms with Crippen molar-refractivity contribution in [3.05, 3.63) is 83.9 Å². The van der Waals surface area contributed by atoms with E-state index in [1.54, 1.807) is 72.8 Å². The monoisotopic (exact) mass is 417 g/mol. The number of amides is 1. The third-order valence-corrected chi connectivity index (χ3v) is 4.62. The minimum Gasteiger partial charge on any atom is -0.508 e. The molecule has 0 radical (unpaired) electrons. The number of carbonyl (C=O) groups excluding carboxylic acids is 3. The first-order valence-corrected chi connectivity index (χ1v) is 9.96. The van der Waals surface area contributed by atoms with E-state index in [0.29, 0.717) is 23.2 Å². The zero-order chi connectivity index (χ0) is 22.2. The predicted molar refractivity (Wildman–Crippen MR) is 118 cm³/mol. The van der Waals surface area contributed by atoms with Crippen LogP contribution in [-0.4, -0.2) is 29.4 Å². The minimum atomic E-state index is -0.589. The number of esters is 1. The lowest BCUT2D eigenvalue weighted by Crippen LogP contribution is -2.14. The molecule has 3 aromatic carbocycles. The molecule has 0 atom stereocenters. The number of hydrogen-bond donors (Lipinski definition) is 2. The number of anilines is 1. The van der Waals surface area contributed by atoms with Crippen LogP contribution in [0.15, 0.2) is 72.8 Å². The second kappa shape index (κ2) is 10.2. The number of Topliss-reactive ketones (excluding diaryl/α,β-unsaturated/α-hetero) is 1. The Morgan fingerprint density at radius 2 is 1.35 bits per heavy atom. The standard InChI is InChI=1S/C25H23NO5/c1-2-3-24(29)26-21-12-8-19(9-13-21)23(28)16-31-25(30)20-6-4-17(5-7-20)18-10-14-22(27)15-11-18/h4-15,27H,2-3,16H2,1H3,(H,26,29). The smallest absolute Gasteiger partial charge is 0.338 e. The molecule has 0 aliphatic heterocycles. The van der Waals surface area contributed by atoms with E-state index in [9.17, 15) is 19.5 Å². The first-order valence-electron chi connectivity index (χ1n) is 9.96. The molecule has 31 heavy (non-hydrogen) atoms. The van der Waals surface area contributed by atoms with Gasteiger partial charge in [0.05, 0.1) is 5.56 Å². The summed E-state index contributed by atoms with van der Waals surface area (Å²) >= 11 is 0. The number of carbonyl (C=O) groups is 3. The fourth-order valence-electron chi connectivity index (χ4n) is 2.94. The van der Waals surface area contributed by atoms with Gasteiger partial charge in [-0.05, 0) is 66.1 Å². The molecule has 158 valence electrons. The molecule has 0 saturated heterocycles. The summed E-state index contributed by atoms with van der Waals surface area (Å²) in [6, 6.07) is 20.0. The molecule has 0 spiro atoms. The van der Waals surface area contributed by atoms with Crippen molar-refractivity contribution in [1.82, 2.24) is 0 Å². The maximum absolute atomic E-state index is 12.3. The van der Waals surface area contributed by atoms with Gasteiger partial charge in [-0.3, -0.25) is 9.59 Å². The molecular formula is C25H23NO5. The third kappa shape index (κ3) is 6.02. The number of ketones is 1. The molecule has 6 nitrogen and oxygen atoms in total. The summed E-state index contributed by atoms with van der Waals surface area (Å²) in [4.78, 5) is 36.2. The van der Waals surface area contributed by atoms with Crippen LogP contribution in [0.2, 0.25) is 0 Å². The lowest BCUT2D eigenvalue weighted by molar-refractivity contribution is -0.116. The fourth-order valence-corrected chi connectivity index (χ4v) is 2.94. The second-order valence-electron chi connectivity index (χ2n) is 7.00. The quantitative estimate of drug-likeness (QED) is 0.404. The number of aromatic hydroxyl groups is 1. The first kappa shape index (κ1) is 21.8. The number of benzene rings is 3. The van der Waals surface area contributed by atoms with Gasteiger partial charge in [-0.2, -0.15) is 0 Å². The summed E-state index contributed by atoms with van der Waals surface area (Å²) in [6.07, 6.45) is 1.19. The summed E-state index contributed by atoms with van der Waals surface area (Å²) in [5, 5.41) is 12.1. The Morgan fingerprint density at radius 1 is 0.806 bits per heavy atom. The molecule has 3 aromatic rings. The number of phenolic OH excluding ortho intramolecular Hbond substituents is 1. The van der Waals surface area contributed by atoms with Crippen molar-refractivity contribution in [3.8, 4) is 16.9 Å². The van der Waals surface area contributed by atoms with Gasteiger partial charge in [0, 0.05) is 17.7 Å². The van der Waals surface area contributed by atoms with Gasteiger partial charge in [-0.15, -0.1) is 0 Å². The van der Waals surface area contributed by atoms with Crippen molar-refractivity contribution in [3.63, 3.8) is 0 Å². The van der Waals surface area contributed by atoms with E-state index in [0.717, 1.165) is 17.5 Å². The normalized spacial score (nSPS) is 10.4. The lowest BCUT2D eigenvalue weighted by atomic mass is 10.0. The Kier molecular flexibility index (Phi) is 7.17. The van der Waals surface area contributed by atoms with Gasteiger partial charge in [0.15, 0.2) is 12.4 Å². The van der Waals surface area contributed by atoms with Gasteiger partial charge in [0.2, 0.25) is 5.91 Å². The maximum Gasteiger partial charge on any atom is 0.338 e. The van der Waals surface area contributed by atoms with E-state index < -0.39 is 5.97 Å². The SMILES string of the molecule is CCCC(=O)Nc1ccc(C(=O)COC(=O)c2ccc(-c3ccc(O)cc3)cc2)cc1. The van der Waals surface area contributed by atoms with Gasteiger partial charge >= 0.3 is 5.97 Å². The maximum atomic E-state index is 12.3. The predicted octanol–water partition coefficient (Wildman–Crippen LogP) is 4.84. The first-order chi connectivity index (χ1) is 15.0. The van der Waals surface area contributed by atoms with E-state index in [4.69, 9.17) is 4.74 Å². The van der Waals surface area contributed by atoms with Crippen LogP contribution >= 0.6 is 0 Å².